The van der Waals surface area contributed by atoms with E-state index in [0.29, 0.717) is 12.6 Å². The van der Waals surface area contributed by atoms with E-state index in [9.17, 15) is 4.79 Å². The zero-order valence-electron chi connectivity index (χ0n) is 10.8. The Hall–Kier alpha value is -0.610. The Morgan fingerprint density at radius 1 is 1.38 bits per heavy atom. The average Bonchev–Trinajstić information content (AvgIpc) is 2.37. The number of likely N-dealkylation sites (N-methyl/N-ethyl adjacent to an activating group) is 1. The van der Waals surface area contributed by atoms with E-state index in [-0.39, 0.29) is 5.91 Å². The maximum absolute atomic E-state index is 11.6. The van der Waals surface area contributed by atoms with Crippen LogP contribution >= 0.6 is 0 Å². The molecular formula is C12H25N3O. The molecule has 1 heterocycles. The Morgan fingerprint density at radius 3 is 2.81 bits per heavy atom. The molecule has 1 aliphatic heterocycles. The number of nitrogens with one attached hydrogen (secondary N) is 1. The highest BCUT2D eigenvalue weighted by Crippen LogP contribution is 2.02. The second-order valence-electron chi connectivity index (χ2n) is 4.91. The quantitative estimate of drug-likeness (QED) is 0.696. The monoisotopic (exact) mass is 227 g/mol. The van der Waals surface area contributed by atoms with Crippen LogP contribution in [-0.4, -0.2) is 61.5 Å². The molecule has 0 saturated carbocycles. The lowest BCUT2D eigenvalue weighted by Crippen LogP contribution is -2.36. The van der Waals surface area contributed by atoms with Gasteiger partial charge >= 0.3 is 0 Å². The highest BCUT2D eigenvalue weighted by atomic mass is 16.2. The fourth-order valence-corrected chi connectivity index (χ4v) is 1.93. The maximum atomic E-state index is 11.6. The van der Waals surface area contributed by atoms with E-state index in [1.165, 1.54) is 0 Å². The molecule has 0 aliphatic carbocycles. The van der Waals surface area contributed by atoms with Gasteiger partial charge in [0.15, 0.2) is 0 Å². The molecule has 0 aromatic rings. The predicted octanol–water partition coefficient (Wildman–Crippen LogP) is 0.539. The number of carbonyl (C=O) groups excluding carboxylic acids is 1. The first-order chi connectivity index (χ1) is 7.59. The first-order valence-corrected chi connectivity index (χ1v) is 6.29. The topological polar surface area (TPSA) is 35.6 Å². The molecule has 0 atom stereocenters. The van der Waals surface area contributed by atoms with Crippen LogP contribution in [0.4, 0.5) is 0 Å². The molecular weight excluding hydrogens is 202 g/mol. The van der Waals surface area contributed by atoms with E-state index in [1.807, 2.05) is 11.9 Å². The normalized spacial score (nSPS) is 19.2. The van der Waals surface area contributed by atoms with Crippen LogP contribution in [0.2, 0.25) is 0 Å². The summed E-state index contributed by atoms with van der Waals surface area (Å²) in [5.41, 5.74) is 0. The molecule has 16 heavy (non-hydrogen) atoms. The molecule has 94 valence electrons. The summed E-state index contributed by atoms with van der Waals surface area (Å²) in [5, 5.41) is 3.40. The van der Waals surface area contributed by atoms with Crippen LogP contribution in [0.15, 0.2) is 0 Å². The van der Waals surface area contributed by atoms with Gasteiger partial charge in [-0.15, -0.1) is 0 Å². The lowest BCUT2D eigenvalue weighted by Gasteiger charge is -2.19. The van der Waals surface area contributed by atoms with Crippen LogP contribution in [0, 0.1) is 0 Å². The van der Waals surface area contributed by atoms with Crippen molar-refractivity contribution in [2.75, 3.05) is 39.8 Å². The number of amides is 1. The molecule has 0 spiro atoms. The zero-order valence-corrected chi connectivity index (χ0v) is 10.8. The van der Waals surface area contributed by atoms with Gasteiger partial charge in [0.05, 0.1) is 6.54 Å². The van der Waals surface area contributed by atoms with Gasteiger partial charge in [-0.1, -0.05) is 13.8 Å². The Kier molecular flexibility index (Phi) is 5.77. The summed E-state index contributed by atoms with van der Waals surface area (Å²) in [7, 11) is 1.89. The Morgan fingerprint density at radius 2 is 2.12 bits per heavy atom. The van der Waals surface area contributed by atoms with Crippen LogP contribution in [0.25, 0.3) is 0 Å². The van der Waals surface area contributed by atoms with Crippen LogP contribution in [0.1, 0.15) is 26.7 Å². The molecule has 0 unspecified atom stereocenters. The molecule has 1 fully saturated rings. The highest BCUT2D eigenvalue weighted by Gasteiger charge is 2.17. The highest BCUT2D eigenvalue weighted by molar-refractivity contribution is 5.78. The predicted molar refractivity (Wildman–Crippen MR) is 66.4 cm³/mol. The average molecular weight is 227 g/mol. The Bertz CT molecular complexity index is 218. The largest absolute Gasteiger partial charge is 0.345 e. The van der Waals surface area contributed by atoms with Crippen molar-refractivity contribution in [2.24, 2.45) is 0 Å². The summed E-state index contributed by atoms with van der Waals surface area (Å²) in [5.74, 6) is 0.259. The van der Waals surface area contributed by atoms with Gasteiger partial charge in [-0.25, -0.2) is 0 Å². The molecule has 0 aromatic heterocycles. The third-order valence-electron chi connectivity index (χ3n) is 2.96. The van der Waals surface area contributed by atoms with E-state index < -0.39 is 0 Å². The molecule has 0 radical (unpaired) electrons. The standard InChI is InChI=1S/C12H25N3O/c1-11(2)13-6-4-8-15-9-5-7-14(3)12(16)10-15/h11,13H,4-10H2,1-3H3. The maximum Gasteiger partial charge on any atom is 0.236 e. The fourth-order valence-electron chi connectivity index (χ4n) is 1.93. The fraction of sp³-hybridized carbons (Fsp3) is 0.917. The third kappa shape index (κ3) is 4.94. The first kappa shape index (κ1) is 13.5. The summed E-state index contributed by atoms with van der Waals surface area (Å²) in [6.45, 7) is 8.93. The van der Waals surface area contributed by atoms with E-state index >= 15 is 0 Å². The molecule has 1 N–H and O–H groups in total. The number of hydrogen-bond acceptors (Lipinski definition) is 3. The second-order valence-corrected chi connectivity index (χ2v) is 4.91. The number of hydrogen-bond donors (Lipinski definition) is 1. The van der Waals surface area contributed by atoms with Gasteiger partial charge in [-0.2, -0.15) is 0 Å². The van der Waals surface area contributed by atoms with Crippen LogP contribution in [0.3, 0.4) is 0 Å². The lowest BCUT2D eigenvalue weighted by molar-refractivity contribution is -0.129. The summed E-state index contributed by atoms with van der Waals surface area (Å²) in [6.07, 6.45) is 2.22. The Labute approximate surface area is 99.0 Å². The minimum absolute atomic E-state index is 0.259. The van der Waals surface area contributed by atoms with Crippen molar-refractivity contribution in [1.82, 2.24) is 15.1 Å². The van der Waals surface area contributed by atoms with Crippen LogP contribution in [-0.2, 0) is 4.79 Å². The van der Waals surface area contributed by atoms with Crippen molar-refractivity contribution in [1.29, 1.82) is 0 Å². The molecule has 0 aromatic carbocycles. The Balaban J connectivity index is 2.18. The molecule has 1 rings (SSSR count). The summed E-state index contributed by atoms with van der Waals surface area (Å²) in [6, 6.07) is 0.553. The van der Waals surface area contributed by atoms with Gasteiger partial charge in [0, 0.05) is 26.2 Å². The number of rotatable bonds is 5. The van der Waals surface area contributed by atoms with Gasteiger partial charge in [0.2, 0.25) is 5.91 Å². The van der Waals surface area contributed by atoms with Crippen molar-refractivity contribution in [2.45, 2.75) is 32.7 Å². The summed E-state index contributed by atoms with van der Waals surface area (Å²) >= 11 is 0. The first-order valence-electron chi connectivity index (χ1n) is 6.29. The van der Waals surface area contributed by atoms with E-state index in [1.54, 1.807) is 0 Å². The number of carbonyl (C=O) groups is 1. The molecule has 4 nitrogen and oxygen atoms in total. The molecule has 0 bridgehead atoms. The van der Waals surface area contributed by atoms with Crippen molar-refractivity contribution in [3.8, 4) is 0 Å². The molecule has 4 heteroatoms. The molecule has 1 amide bonds. The molecule has 1 aliphatic rings. The van der Waals surface area contributed by atoms with Crippen LogP contribution < -0.4 is 5.32 Å². The summed E-state index contributed by atoms with van der Waals surface area (Å²) < 4.78 is 0. The van der Waals surface area contributed by atoms with Crippen molar-refractivity contribution in [3.05, 3.63) is 0 Å². The van der Waals surface area contributed by atoms with Gasteiger partial charge in [-0.3, -0.25) is 9.69 Å². The summed E-state index contributed by atoms with van der Waals surface area (Å²) in [4.78, 5) is 15.7. The third-order valence-corrected chi connectivity index (χ3v) is 2.96. The van der Waals surface area contributed by atoms with E-state index in [2.05, 4.69) is 24.1 Å². The van der Waals surface area contributed by atoms with Crippen LogP contribution in [0.5, 0.6) is 0 Å². The molecule has 1 saturated heterocycles. The van der Waals surface area contributed by atoms with Crippen molar-refractivity contribution in [3.63, 3.8) is 0 Å². The number of nitrogens with zero attached hydrogens (tertiary/aromatic N) is 2. The van der Waals surface area contributed by atoms with Crippen molar-refractivity contribution >= 4 is 5.91 Å². The van der Waals surface area contributed by atoms with E-state index in [4.69, 9.17) is 0 Å². The van der Waals surface area contributed by atoms with Gasteiger partial charge < -0.3 is 10.2 Å². The minimum atomic E-state index is 0.259. The van der Waals surface area contributed by atoms with Gasteiger partial charge in [0.25, 0.3) is 0 Å². The van der Waals surface area contributed by atoms with E-state index in [0.717, 1.165) is 39.0 Å². The van der Waals surface area contributed by atoms with Gasteiger partial charge in [0.1, 0.15) is 0 Å². The lowest BCUT2D eigenvalue weighted by atomic mass is 10.3. The van der Waals surface area contributed by atoms with Crippen molar-refractivity contribution < 1.29 is 4.79 Å². The minimum Gasteiger partial charge on any atom is -0.345 e. The SMILES string of the molecule is CC(C)NCCCN1CCCN(C)C(=O)C1. The van der Waals surface area contributed by atoms with Gasteiger partial charge in [-0.05, 0) is 25.9 Å². The second kappa shape index (κ2) is 6.86. The zero-order chi connectivity index (χ0) is 12.0. The smallest absolute Gasteiger partial charge is 0.236 e.